The van der Waals surface area contributed by atoms with Gasteiger partial charge in [-0.15, -0.1) is 0 Å². The molecule has 0 saturated carbocycles. The fraction of sp³-hybridized carbons (Fsp3) is 0.400. The van der Waals surface area contributed by atoms with Gasteiger partial charge in [0.05, 0.1) is 11.0 Å². The fourth-order valence-electron chi connectivity index (χ4n) is 1.25. The molecule has 0 aromatic heterocycles. The maximum Gasteiger partial charge on any atom is 0.274 e. The van der Waals surface area contributed by atoms with Crippen LogP contribution in [0, 0.1) is 10.1 Å². The van der Waals surface area contributed by atoms with Crippen molar-refractivity contribution >= 4 is 5.69 Å². The molecule has 0 atom stereocenters. The van der Waals surface area contributed by atoms with Crippen molar-refractivity contribution in [2.75, 3.05) is 0 Å². The first-order valence-electron chi connectivity index (χ1n) is 4.68. The summed E-state index contributed by atoms with van der Waals surface area (Å²) < 4.78 is 5.41. The molecule has 15 heavy (non-hydrogen) atoms. The van der Waals surface area contributed by atoms with Gasteiger partial charge in [-0.3, -0.25) is 10.1 Å². The van der Waals surface area contributed by atoms with E-state index >= 15 is 0 Å². The minimum atomic E-state index is -0.443. The molecule has 2 N–H and O–H groups in total. The van der Waals surface area contributed by atoms with Gasteiger partial charge in [0.15, 0.2) is 0 Å². The highest BCUT2D eigenvalue weighted by Gasteiger charge is 2.13. The first-order chi connectivity index (χ1) is 7.04. The Morgan fingerprint density at radius 2 is 2.20 bits per heavy atom. The monoisotopic (exact) mass is 210 g/mol. The molecule has 5 heteroatoms. The summed E-state index contributed by atoms with van der Waals surface area (Å²) in [5.74, 6) is 0.607. The number of rotatable bonds is 4. The summed E-state index contributed by atoms with van der Waals surface area (Å²) in [6, 6.07) is 4.61. The third-order valence-corrected chi connectivity index (χ3v) is 1.84. The van der Waals surface area contributed by atoms with Gasteiger partial charge in [-0.05, 0) is 26.0 Å². The zero-order chi connectivity index (χ0) is 11.4. The minimum Gasteiger partial charge on any atom is -0.491 e. The number of nitrogens with two attached hydrogens (primary N) is 1. The standard InChI is InChI=1S/C10H14N2O3/c1-7(2)15-9-3-4-10(12(13)14)8(5-9)6-11/h3-5,7H,6,11H2,1-2H3. The van der Waals surface area contributed by atoms with Gasteiger partial charge >= 0.3 is 0 Å². The maximum atomic E-state index is 10.6. The lowest BCUT2D eigenvalue weighted by Crippen LogP contribution is -2.07. The molecule has 0 heterocycles. The van der Waals surface area contributed by atoms with E-state index < -0.39 is 4.92 Å². The zero-order valence-electron chi connectivity index (χ0n) is 8.77. The van der Waals surface area contributed by atoms with Gasteiger partial charge in [0.25, 0.3) is 5.69 Å². The number of benzene rings is 1. The number of hydrogen-bond acceptors (Lipinski definition) is 4. The van der Waals surface area contributed by atoms with E-state index in [-0.39, 0.29) is 18.3 Å². The highest BCUT2D eigenvalue weighted by atomic mass is 16.6. The van der Waals surface area contributed by atoms with Crippen LogP contribution in [-0.4, -0.2) is 11.0 Å². The van der Waals surface area contributed by atoms with Crippen LogP contribution in [0.25, 0.3) is 0 Å². The summed E-state index contributed by atoms with van der Waals surface area (Å²) in [5, 5.41) is 10.6. The van der Waals surface area contributed by atoms with E-state index in [2.05, 4.69) is 0 Å². The average molecular weight is 210 g/mol. The normalized spacial score (nSPS) is 10.4. The summed E-state index contributed by atoms with van der Waals surface area (Å²) in [7, 11) is 0. The highest BCUT2D eigenvalue weighted by molar-refractivity contribution is 5.45. The van der Waals surface area contributed by atoms with Crippen molar-refractivity contribution in [1.29, 1.82) is 0 Å². The predicted molar refractivity (Wildman–Crippen MR) is 56.8 cm³/mol. The van der Waals surface area contributed by atoms with E-state index in [0.717, 1.165) is 0 Å². The number of nitro benzene ring substituents is 1. The van der Waals surface area contributed by atoms with Gasteiger partial charge in [-0.2, -0.15) is 0 Å². The number of nitrogens with zero attached hydrogens (tertiary/aromatic N) is 1. The zero-order valence-corrected chi connectivity index (χ0v) is 8.77. The van der Waals surface area contributed by atoms with Crippen molar-refractivity contribution < 1.29 is 9.66 Å². The quantitative estimate of drug-likeness (QED) is 0.607. The SMILES string of the molecule is CC(C)Oc1ccc([N+](=O)[O-])c(CN)c1. The predicted octanol–water partition coefficient (Wildman–Crippen LogP) is 1.84. The molecule has 0 spiro atoms. The van der Waals surface area contributed by atoms with Gasteiger partial charge < -0.3 is 10.5 Å². The van der Waals surface area contributed by atoms with Crippen LogP contribution in [0.1, 0.15) is 19.4 Å². The molecule has 0 unspecified atom stereocenters. The van der Waals surface area contributed by atoms with Crippen molar-refractivity contribution in [3.63, 3.8) is 0 Å². The summed E-state index contributed by atoms with van der Waals surface area (Å²) >= 11 is 0. The van der Waals surface area contributed by atoms with Crippen LogP contribution in [0.4, 0.5) is 5.69 Å². The van der Waals surface area contributed by atoms with Gasteiger partial charge in [0.1, 0.15) is 5.75 Å². The van der Waals surface area contributed by atoms with E-state index in [1.54, 1.807) is 12.1 Å². The van der Waals surface area contributed by atoms with Crippen LogP contribution in [0.3, 0.4) is 0 Å². The van der Waals surface area contributed by atoms with Crippen molar-refractivity contribution in [2.24, 2.45) is 5.73 Å². The number of hydrogen-bond donors (Lipinski definition) is 1. The van der Waals surface area contributed by atoms with E-state index in [0.29, 0.717) is 11.3 Å². The Hall–Kier alpha value is -1.62. The molecular weight excluding hydrogens is 196 g/mol. The van der Waals surface area contributed by atoms with Crippen LogP contribution >= 0.6 is 0 Å². The van der Waals surface area contributed by atoms with E-state index in [4.69, 9.17) is 10.5 Å². The van der Waals surface area contributed by atoms with Crippen LogP contribution in [-0.2, 0) is 6.54 Å². The van der Waals surface area contributed by atoms with E-state index in [9.17, 15) is 10.1 Å². The second-order valence-electron chi connectivity index (χ2n) is 3.42. The van der Waals surface area contributed by atoms with E-state index in [1.807, 2.05) is 13.8 Å². The van der Waals surface area contributed by atoms with Crippen molar-refractivity contribution in [1.82, 2.24) is 0 Å². The Morgan fingerprint density at radius 1 is 1.53 bits per heavy atom. The van der Waals surface area contributed by atoms with Crippen LogP contribution < -0.4 is 10.5 Å². The highest BCUT2D eigenvalue weighted by Crippen LogP contribution is 2.24. The molecule has 5 nitrogen and oxygen atoms in total. The molecule has 0 amide bonds. The largest absolute Gasteiger partial charge is 0.491 e. The molecule has 0 aliphatic heterocycles. The Kier molecular flexibility index (Phi) is 3.62. The average Bonchev–Trinajstić information content (AvgIpc) is 2.16. The lowest BCUT2D eigenvalue weighted by Gasteiger charge is -2.10. The van der Waals surface area contributed by atoms with E-state index in [1.165, 1.54) is 6.07 Å². The molecule has 1 aromatic rings. The second kappa shape index (κ2) is 4.75. The molecule has 1 aromatic carbocycles. The molecule has 0 aliphatic carbocycles. The first kappa shape index (κ1) is 11.5. The molecule has 0 bridgehead atoms. The third kappa shape index (κ3) is 2.92. The lowest BCUT2D eigenvalue weighted by atomic mass is 10.1. The molecule has 0 saturated heterocycles. The molecular formula is C10H14N2O3. The minimum absolute atomic E-state index is 0.0357. The molecule has 0 radical (unpaired) electrons. The Balaban J connectivity index is 3.02. The van der Waals surface area contributed by atoms with Gasteiger partial charge in [0, 0.05) is 18.2 Å². The van der Waals surface area contributed by atoms with Gasteiger partial charge in [-0.1, -0.05) is 0 Å². The molecule has 1 rings (SSSR count). The molecule has 0 fully saturated rings. The van der Waals surface area contributed by atoms with Crippen LogP contribution in [0.15, 0.2) is 18.2 Å². The molecule has 82 valence electrons. The number of ether oxygens (including phenoxy) is 1. The summed E-state index contributed by atoms with van der Waals surface area (Å²) in [4.78, 5) is 10.2. The second-order valence-corrected chi connectivity index (χ2v) is 3.42. The smallest absolute Gasteiger partial charge is 0.274 e. The molecule has 0 aliphatic rings. The van der Waals surface area contributed by atoms with Gasteiger partial charge in [-0.25, -0.2) is 0 Å². The first-order valence-corrected chi connectivity index (χ1v) is 4.68. The lowest BCUT2D eigenvalue weighted by molar-refractivity contribution is -0.385. The Morgan fingerprint density at radius 3 is 2.67 bits per heavy atom. The van der Waals surface area contributed by atoms with Crippen LogP contribution in [0.2, 0.25) is 0 Å². The maximum absolute atomic E-state index is 10.6. The fourth-order valence-corrected chi connectivity index (χ4v) is 1.25. The number of nitro groups is 1. The summed E-state index contributed by atoms with van der Waals surface area (Å²) in [5.41, 5.74) is 5.95. The third-order valence-electron chi connectivity index (χ3n) is 1.84. The van der Waals surface area contributed by atoms with Crippen molar-refractivity contribution in [3.05, 3.63) is 33.9 Å². The summed E-state index contributed by atoms with van der Waals surface area (Å²) in [6.45, 7) is 3.92. The van der Waals surface area contributed by atoms with Crippen molar-refractivity contribution in [2.45, 2.75) is 26.5 Å². The topological polar surface area (TPSA) is 78.4 Å². The Labute approximate surface area is 88.0 Å². The van der Waals surface area contributed by atoms with Gasteiger partial charge in [0.2, 0.25) is 0 Å². The summed E-state index contributed by atoms with van der Waals surface area (Å²) in [6.07, 6.45) is 0.0390. The Bertz CT molecular complexity index is 364. The van der Waals surface area contributed by atoms with Crippen LogP contribution in [0.5, 0.6) is 5.75 Å². The van der Waals surface area contributed by atoms with Crippen molar-refractivity contribution in [3.8, 4) is 5.75 Å².